The summed E-state index contributed by atoms with van der Waals surface area (Å²) in [6.45, 7) is 2.07. The molecule has 1 aliphatic carbocycles. The normalized spacial score (nSPS) is 19.5. The third-order valence-electron chi connectivity index (χ3n) is 6.54. The van der Waals surface area contributed by atoms with Crippen molar-refractivity contribution in [3.8, 4) is 5.88 Å². The smallest absolute Gasteiger partial charge is 0.253 e. The topological polar surface area (TPSA) is 64.1 Å². The summed E-state index contributed by atoms with van der Waals surface area (Å²) in [7, 11) is 1.54. The molecule has 1 aliphatic rings. The van der Waals surface area contributed by atoms with Gasteiger partial charge in [-0.05, 0) is 67.7 Å². The average molecular weight is 440 g/mol. The fourth-order valence-corrected chi connectivity index (χ4v) is 4.83. The highest BCUT2D eigenvalue weighted by Crippen LogP contribution is 2.40. The number of methoxy groups -OCH3 is 1. The number of nitrogens with one attached hydrogen (secondary N) is 1. The Hall–Kier alpha value is -3.09. The lowest BCUT2D eigenvalue weighted by Gasteiger charge is -2.34. The Morgan fingerprint density at radius 1 is 1.16 bits per heavy atom. The van der Waals surface area contributed by atoms with Crippen LogP contribution in [0.2, 0.25) is 0 Å². The molecule has 168 valence electrons. The maximum absolute atomic E-state index is 14.2. The van der Waals surface area contributed by atoms with E-state index in [0.29, 0.717) is 22.7 Å². The van der Waals surface area contributed by atoms with E-state index in [-0.39, 0.29) is 23.4 Å². The van der Waals surface area contributed by atoms with Crippen LogP contribution >= 0.6 is 0 Å². The zero-order valence-electron chi connectivity index (χ0n) is 18.3. The van der Waals surface area contributed by atoms with E-state index >= 15 is 0 Å². The molecule has 32 heavy (non-hydrogen) atoms. The van der Waals surface area contributed by atoms with E-state index in [1.165, 1.54) is 19.4 Å². The molecule has 0 saturated heterocycles. The van der Waals surface area contributed by atoms with Crippen LogP contribution in [0.25, 0.3) is 10.9 Å². The van der Waals surface area contributed by atoms with Crippen LogP contribution in [0.5, 0.6) is 5.88 Å². The summed E-state index contributed by atoms with van der Waals surface area (Å²) in [6, 6.07) is 7.58. The van der Waals surface area contributed by atoms with Gasteiger partial charge in [-0.3, -0.25) is 9.78 Å². The monoisotopic (exact) mass is 439 g/mol. The second kappa shape index (κ2) is 9.59. The van der Waals surface area contributed by atoms with Crippen molar-refractivity contribution in [2.45, 2.75) is 51.0 Å². The van der Waals surface area contributed by atoms with Crippen LogP contribution in [0.1, 0.15) is 60.9 Å². The van der Waals surface area contributed by atoms with E-state index in [1.54, 1.807) is 18.3 Å². The Balaban J connectivity index is 1.43. The molecule has 1 atom stereocenters. The van der Waals surface area contributed by atoms with Gasteiger partial charge in [-0.1, -0.05) is 6.92 Å². The first-order valence-electron chi connectivity index (χ1n) is 11.0. The summed E-state index contributed by atoms with van der Waals surface area (Å²) < 4.78 is 33.0. The van der Waals surface area contributed by atoms with Gasteiger partial charge < -0.3 is 10.1 Å². The van der Waals surface area contributed by atoms with Gasteiger partial charge in [-0.15, -0.1) is 0 Å². The lowest BCUT2D eigenvalue weighted by molar-refractivity contribution is 0.0909. The van der Waals surface area contributed by atoms with Gasteiger partial charge in [0.25, 0.3) is 5.91 Å². The van der Waals surface area contributed by atoms with E-state index in [0.717, 1.165) is 43.7 Å². The molecule has 1 amide bonds. The molecule has 7 heteroatoms. The van der Waals surface area contributed by atoms with E-state index in [9.17, 15) is 13.6 Å². The summed E-state index contributed by atoms with van der Waals surface area (Å²) in [4.78, 5) is 20.9. The summed E-state index contributed by atoms with van der Waals surface area (Å²) >= 11 is 0. The van der Waals surface area contributed by atoms with Crippen LogP contribution in [0.15, 0.2) is 42.7 Å². The summed E-state index contributed by atoms with van der Waals surface area (Å²) in [5.74, 6) is -0.308. The van der Waals surface area contributed by atoms with Crippen molar-refractivity contribution in [1.82, 2.24) is 15.3 Å². The van der Waals surface area contributed by atoms with Gasteiger partial charge in [-0.25, -0.2) is 13.8 Å². The quantitative estimate of drug-likeness (QED) is 0.559. The first-order valence-corrected chi connectivity index (χ1v) is 11.0. The number of nitrogens with zero attached hydrogens (tertiary/aromatic N) is 2. The third kappa shape index (κ3) is 4.56. The van der Waals surface area contributed by atoms with E-state index in [4.69, 9.17) is 4.74 Å². The summed E-state index contributed by atoms with van der Waals surface area (Å²) in [6.07, 6.45) is 7.63. The average Bonchev–Trinajstić information content (AvgIpc) is 2.82. The zero-order valence-corrected chi connectivity index (χ0v) is 18.3. The minimum absolute atomic E-state index is 0.0645. The van der Waals surface area contributed by atoms with Crippen molar-refractivity contribution in [2.75, 3.05) is 7.11 Å². The SMILES string of the molecule is CC[C@H](NC(=O)c1ccc(OC)nc1)[C@H]1CC[C@H](c2ccnc3c(F)cc(F)cc32)CC1. The molecular formula is C25H27F2N3O2. The Kier molecular flexibility index (Phi) is 6.63. The van der Waals surface area contributed by atoms with Gasteiger partial charge in [0.05, 0.1) is 12.7 Å². The van der Waals surface area contributed by atoms with Crippen molar-refractivity contribution in [3.63, 3.8) is 0 Å². The van der Waals surface area contributed by atoms with Gasteiger partial charge in [0.2, 0.25) is 5.88 Å². The fourth-order valence-electron chi connectivity index (χ4n) is 4.83. The zero-order chi connectivity index (χ0) is 22.7. The van der Waals surface area contributed by atoms with Crippen molar-refractivity contribution in [3.05, 3.63) is 65.5 Å². The van der Waals surface area contributed by atoms with E-state index in [2.05, 4.69) is 22.2 Å². The predicted octanol–water partition coefficient (Wildman–Crippen LogP) is 5.40. The minimum atomic E-state index is -0.627. The second-order valence-electron chi connectivity index (χ2n) is 8.37. The van der Waals surface area contributed by atoms with Crippen molar-refractivity contribution in [2.24, 2.45) is 5.92 Å². The lowest BCUT2D eigenvalue weighted by Crippen LogP contribution is -2.41. The molecule has 0 bridgehead atoms. The van der Waals surface area contributed by atoms with Crippen LogP contribution in [-0.4, -0.2) is 29.0 Å². The highest BCUT2D eigenvalue weighted by molar-refractivity contribution is 5.94. The predicted molar refractivity (Wildman–Crippen MR) is 119 cm³/mol. The lowest BCUT2D eigenvalue weighted by atomic mass is 9.75. The first-order chi connectivity index (χ1) is 15.5. The van der Waals surface area contributed by atoms with Crippen LogP contribution in [0, 0.1) is 17.6 Å². The van der Waals surface area contributed by atoms with Crippen molar-refractivity contribution >= 4 is 16.8 Å². The summed E-state index contributed by atoms with van der Waals surface area (Å²) in [5.41, 5.74) is 1.68. The van der Waals surface area contributed by atoms with Crippen LogP contribution < -0.4 is 10.1 Å². The molecule has 5 nitrogen and oxygen atoms in total. The number of carbonyl (C=O) groups excluding carboxylic acids is 1. The number of rotatable bonds is 6. The van der Waals surface area contributed by atoms with E-state index < -0.39 is 11.6 Å². The molecule has 1 N–H and O–H groups in total. The number of halogens is 2. The molecule has 1 aromatic carbocycles. The number of aromatic nitrogens is 2. The molecular weight excluding hydrogens is 412 g/mol. The second-order valence-corrected chi connectivity index (χ2v) is 8.37. The number of hydrogen-bond donors (Lipinski definition) is 1. The molecule has 1 fully saturated rings. The van der Waals surface area contributed by atoms with Gasteiger partial charge in [0.1, 0.15) is 11.3 Å². The van der Waals surface area contributed by atoms with Crippen LogP contribution in [-0.2, 0) is 0 Å². The summed E-state index contributed by atoms with van der Waals surface area (Å²) in [5, 5.41) is 3.72. The van der Waals surface area contributed by atoms with Gasteiger partial charge in [-0.2, -0.15) is 0 Å². The van der Waals surface area contributed by atoms with Gasteiger partial charge in [0, 0.05) is 36.0 Å². The molecule has 3 aromatic rings. The highest BCUT2D eigenvalue weighted by atomic mass is 19.1. The van der Waals surface area contributed by atoms with Gasteiger partial charge in [0.15, 0.2) is 5.82 Å². The van der Waals surface area contributed by atoms with Crippen molar-refractivity contribution in [1.29, 1.82) is 0 Å². The maximum atomic E-state index is 14.2. The number of amides is 1. The largest absolute Gasteiger partial charge is 0.481 e. The molecule has 0 unspecified atom stereocenters. The van der Waals surface area contributed by atoms with Crippen LogP contribution in [0.4, 0.5) is 8.78 Å². The Morgan fingerprint density at radius 3 is 2.59 bits per heavy atom. The number of carbonyl (C=O) groups is 1. The first kappa shape index (κ1) is 22.1. The number of pyridine rings is 2. The molecule has 4 rings (SSSR count). The standard InChI is InChI=1S/C25H27F2N3O2/c1-3-22(30-25(31)17-8-9-23(32-2)29-14-17)16-6-4-15(5-7-16)19-10-11-28-24-20(19)12-18(26)13-21(24)27/h8-16,22H,3-7H2,1-2H3,(H,30,31)/t15-,16-,22-/m0/s1. The number of hydrogen-bond acceptors (Lipinski definition) is 4. The molecule has 1 saturated carbocycles. The Morgan fingerprint density at radius 2 is 1.94 bits per heavy atom. The Labute approximate surface area is 186 Å². The van der Waals surface area contributed by atoms with Gasteiger partial charge >= 0.3 is 0 Å². The number of fused-ring (bicyclic) bond motifs is 1. The Bertz CT molecular complexity index is 1100. The third-order valence-corrected chi connectivity index (χ3v) is 6.54. The fraction of sp³-hybridized carbons (Fsp3) is 0.400. The number of benzene rings is 1. The van der Waals surface area contributed by atoms with Crippen molar-refractivity contribution < 1.29 is 18.3 Å². The highest BCUT2D eigenvalue weighted by Gasteiger charge is 2.29. The number of ether oxygens (including phenoxy) is 1. The molecule has 2 aromatic heterocycles. The molecule has 2 heterocycles. The minimum Gasteiger partial charge on any atom is -0.481 e. The van der Waals surface area contributed by atoms with Crippen LogP contribution in [0.3, 0.4) is 0 Å². The molecule has 0 aliphatic heterocycles. The maximum Gasteiger partial charge on any atom is 0.253 e. The molecule has 0 radical (unpaired) electrons. The molecule has 0 spiro atoms. The van der Waals surface area contributed by atoms with E-state index in [1.807, 2.05) is 6.07 Å².